The van der Waals surface area contributed by atoms with E-state index in [1.165, 1.54) is 0 Å². The molecule has 2 aromatic heterocycles. The third-order valence-corrected chi connectivity index (χ3v) is 2.29. The monoisotopic (exact) mass is 181 g/mol. The molecule has 0 saturated carbocycles. The zero-order valence-electron chi connectivity index (χ0n) is 7.38. The predicted octanol–water partition coefficient (Wildman–Crippen LogP) is 2.18. The Morgan fingerprint density at radius 3 is 2.86 bits per heavy atom. The largest absolute Gasteiger partial charge is 0.263 e. The number of benzene rings is 1. The first kappa shape index (κ1) is 7.38. The smallest absolute Gasteiger partial charge is 0.102 e. The Hall–Kier alpha value is -2.03. The first-order valence-corrected chi connectivity index (χ1v) is 4.39. The van der Waals surface area contributed by atoms with E-state index in [0.717, 1.165) is 21.7 Å². The van der Waals surface area contributed by atoms with Crippen LogP contribution in [-0.2, 0) is 0 Å². The van der Waals surface area contributed by atoms with Crippen molar-refractivity contribution in [2.45, 2.75) is 0 Å². The quantitative estimate of drug-likeness (QED) is 0.533. The summed E-state index contributed by atoms with van der Waals surface area (Å²) >= 11 is 0. The maximum Gasteiger partial charge on any atom is 0.102 e. The van der Waals surface area contributed by atoms with Gasteiger partial charge in [-0.3, -0.25) is 4.98 Å². The molecule has 66 valence electrons. The average Bonchev–Trinajstić information content (AvgIpc) is 2.55. The van der Waals surface area contributed by atoms with Gasteiger partial charge in [0.25, 0.3) is 0 Å². The molecule has 0 bridgehead atoms. The molecular weight excluding hydrogens is 174 g/mol. The second-order valence-corrected chi connectivity index (χ2v) is 3.14. The highest BCUT2D eigenvalue weighted by molar-refractivity contribution is 6.04. The molecule has 0 N–H and O–H groups in total. The van der Waals surface area contributed by atoms with Crippen LogP contribution in [0.2, 0.25) is 0 Å². The van der Waals surface area contributed by atoms with E-state index in [1.54, 1.807) is 6.20 Å². The highest BCUT2D eigenvalue weighted by atomic mass is 15.1. The van der Waals surface area contributed by atoms with Gasteiger partial charge in [-0.05, 0) is 6.07 Å². The van der Waals surface area contributed by atoms with Crippen molar-refractivity contribution in [3.05, 3.63) is 42.9 Å². The number of nitrogens with zero attached hydrogens (tertiary/aromatic N) is 3. The van der Waals surface area contributed by atoms with Gasteiger partial charge in [0.05, 0.1) is 0 Å². The lowest BCUT2D eigenvalue weighted by Crippen LogP contribution is -1.75. The van der Waals surface area contributed by atoms with Gasteiger partial charge in [0.15, 0.2) is 0 Å². The molecule has 0 aliphatic carbocycles. The molecule has 0 aliphatic rings. The van der Waals surface area contributed by atoms with Crippen LogP contribution >= 0.6 is 0 Å². The fourth-order valence-corrected chi connectivity index (χ4v) is 1.60. The molecule has 14 heavy (non-hydrogen) atoms. The summed E-state index contributed by atoms with van der Waals surface area (Å²) in [6.07, 6.45) is 5.35. The summed E-state index contributed by atoms with van der Waals surface area (Å²) in [6, 6.07) is 7.97. The van der Waals surface area contributed by atoms with Gasteiger partial charge in [0.1, 0.15) is 5.52 Å². The molecule has 0 radical (unpaired) electrons. The lowest BCUT2D eigenvalue weighted by Gasteiger charge is -1.91. The maximum atomic E-state index is 4.15. The standard InChI is InChI=1S/C11H7N3/c1-2-8-3-4-9-6-12-7-10(9)11(8)14-13-5-1/h1-7H. The van der Waals surface area contributed by atoms with Gasteiger partial charge in [0, 0.05) is 34.7 Å². The molecule has 0 amide bonds. The SMILES string of the molecule is c1cnnc2c(c1)ccc1cncc12. The number of hydrogen-bond donors (Lipinski definition) is 0. The number of rotatable bonds is 0. The molecule has 1 aromatic carbocycles. The molecular formula is C11H7N3. The molecule has 0 aliphatic heterocycles. The van der Waals surface area contributed by atoms with Crippen molar-refractivity contribution in [1.82, 2.24) is 15.2 Å². The fourth-order valence-electron chi connectivity index (χ4n) is 1.60. The van der Waals surface area contributed by atoms with Gasteiger partial charge in [-0.25, -0.2) is 0 Å². The Bertz CT molecular complexity index is 604. The van der Waals surface area contributed by atoms with Gasteiger partial charge in [-0.1, -0.05) is 18.2 Å². The van der Waals surface area contributed by atoms with Crippen LogP contribution in [0.3, 0.4) is 0 Å². The normalized spacial score (nSPS) is 10.9. The molecule has 0 unspecified atom stereocenters. The summed E-state index contributed by atoms with van der Waals surface area (Å²) in [4.78, 5) is 4.10. The Balaban J connectivity index is 2.64. The lowest BCUT2D eigenvalue weighted by atomic mass is 10.1. The van der Waals surface area contributed by atoms with Crippen molar-refractivity contribution < 1.29 is 0 Å². The van der Waals surface area contributed by atoms with Crippen molar-refractivity contribution in [2.75, 3.05) is 0 Å². The number of aromatic nitrogens is 3. The van der Waals surface area contributed by atoms with Crippen molar-refractivity contribution >= 4 is 21.7 Å². The fraction of sp³-hybridized carbons (Fsp3) is 0. The van der Waals surface area contributed by atoms with Crippen LogP contribution in [0.4, 0.5) is 0 Å². The van der Waals surface area contributed by atoms with Crippen molar-refractivity contribution in [2.24, 2.45) is 0 Å². The number of hydrogen-bond acceptors (Lipinski definition) is 3. The van der Waals surface area contributed by atoms with Crippen LogP contribution in [0, 0.1) is 0 Å². The van der Waals surface area contributed by atoms with Gasteiger partial charge >= 0.3 is 0 Å². The predicted molar refractivity (Wildman–Crippen MR) is 54.8 cm³/mol. The average molecular weight is 181 g/mol. The number of fused-ring (bicyclic) bond motifs is 3. The molecule has 0 atom stereocenters. The van der Waals surface area contributed by atoms with Crippen LogP contribution in [0.5, 0.6) is 0 Å². The van der Waals surface area contributed by atoms with E-state index < -0.39 is 0 Å². The zero-order chi connectivity index (χ0) is 9.38. The highest BCUT2D eigenvalue weighted by Gasteiger charge is 2.00. The minimum absolute atomic E-state index is 0.907. The minimum atomic E-state index is 0.907. The molecule has 0 fully saturated rings. The molecule has 0 spiro atoms. The molecule has 3 rings (SSSR count). The summed E-state index contributed by atoms with van der Waals surface area (Å²) in [6.45, 7) is 0. The van der Waals surface area contributed by atoms with Crippen molar-refractivity contribution in [3.63, 3.8) is 0 Å². The van der Waals surface area contributed by atoms with Crippen molar-refractivity contribution in [3.8, 4) is 0 Å². The van der Waals surface area contributed by atoms with E-state index >= 15 is 0 Å². The molecule has 3 nitrogen and oxygen atoms in total. The summed E-state index contributed by atoms with van der Waals surface area (Å²) < 4.78 is 0. The summed E-state index contributed by atoms with van der Waals surface area (Å²) in [5, 5.41) is 11.3. The molecule has 2 heterocycles. The van der Waals surface area contributed by atoms with E-state index in [0.29, 0.717) is 0 Å². The summed E-state index contributed by atoms with van der Waals surface area (Å²) in [5.41, 5.74) is 0.907. The van der Waals surface area contributed by atoms with Crippen LogP contribution < -0.4 is 0 Å². The third-order valence-electron chi connectivity index (χ3n) is 2.29. The van der Waals surface area contributed by atoms with Crippen LogP contribution in [-0.4, -0.2) is 15.2 Å². The minimum Gasteiger partial charge on any atom is -0.263 e. The third kappa shape index (κ3) is 0.956. The Morgan fingerprint density at radius 1 is 0.929 bits per heavy atom. The first-order chi connectivity index (χ1) is 6.95. The van der Waals surface area contributed by atoms with Crippen LogP contribution in [0.25, 0.3) is 21.7 Å². The topological polar surface area (TPSA) is 38.7 Å². The second-order valence-electron chi connectivity index (χ2n) is 3.14. The Labute approximate surface area is 80.4 Å². The maximum absolute atomic E-state index is 4.15. The molecule has 0 saturated heterocycles. The van der Waals surface area contributed by atoms with E-state index in [2.05, 4.69) is 15.2 Å². The Morgan fingerprint density at radius 2 is 1.86 bits per heavy atom. The van der Waals surface area contributed by atoms with Crippen molar-refractivity contribution in [1.29, 1.82) is 0 Å². The lowest BCUT2D eigenvalue weighted by molar-refractivity contribution is 1.09. The first-order valence-electron chi connectivity index (χ1n) is 4.39. The highest BCUT2D eigenvalue weighted by Crippen LogP contribution is 2.21. The van der Waals surface area contributed by atoms with E-state index in [1.807, 2.05) is 36.7 Å². The van der Waals surface area contributed by atoms with Crippen LogP contribution in [0.1, 0.15) is 0 Å². The van der Waals surface area contributed by atoms with E-state index in [9.17, 15) is 0 Å². The van der Waals surface area contributed by atoms with Gasteiger partial charge in [-0.15, -0.1) is 5.10 Å². The summed E-state index contributed by atoms with van der Waals surface area (Å²) in [5.74, 6) is 0. The molecule has 3 heteroatoms. The van der Waals surface area contributed by atoms with Crippen LogP contribution in [0.15, 0.2) is 42.9 Å². The Kier molecular flexibility index (Phi) is 1.44. The summed E-state index contributed by atoms with van der Waals surface area (Å²) in [7, 11) is 0. The second kappa shape index (κ2) is 2.73. The van der Waals surface area contributed by atoms with E-state index in [4.69, 9.17) is 0 Å². The van der Waals surface area contributed by atoms with Gasteiger partial charge in [-0.2, -0.15) is 5.10 Å². The zero-order valence-corrected chi connectivity index (χ0v) is 7.38. The van der Waals surface area contributed by atoms with E-state index in [-0.39, 0.29) is 0 Å². The van der Waals surface area contributed by atoms with Gasteiger partial charge in [0.2, 0.25) is 0 Å². The molecule has 3 aromatic rings. The van der Waals surface area contributed by atoms with Gasteiger partial charge < -0.3 is 0 Å².